The molecule has 3 aromatic rings. The van der Waals surface area contributed by atoms with E-state index in [1.54, 1.807) is 41.3 Å². The van der Waals surface area contributed by atoms with Crippen molar-refractivity contribution in [3.8, 4) is 11.3 Å². The van der Waals surface area contributed by atoms with Gasteiger partial charge in [0.1, 0.15) is 11.5 Å². The fraction of sp³-hybridized carbons (Fsp3) is 0.160. The third kappa shape index (κ3) is 4.38. The Morgan fingerprint density at radius 1 is 1.12 bits per heavy atom. The number of hydrogen-bond acceptors (Lipinski definition) is 5. The summed E-state index contributed by atoms with van der Waals surface area (Å²) in [6.07, 6.45) is 1.70. The molecule has 32 heavy (non-hydrogen) atoms. The van der Waals surface area contributed by atoms with Gasteiger partial charge in [-0.05, 0) is 80.1 Å². The van der Waals surface area contributed by atoms with Gasteiger partial charge in [0.05, 0.1) is 16.2 Å². The molecule has 2 heterocycles. The SMILES string of the molecule is CCN1C(=O)C(=Cc2ccc(-c3cccc(C(=O)O)c3)o2)SC1=Nc1ccc(C)c(C)c1. The van der Waals surface area contributed by atoms with E-state index in [4.69, 9.17) is 9.41 Å². The van der Waals surface area contributed by atoms with E-state index in [2.05, 4.69) is 6.92 Å². The number of benzene rings is 2. The number of nitrogens with zero attached hydrogens (tertiary/aromatic N) is 2. The lowest BCUT2D eigenvalue weighted by atomic mass is 10.1. The number of carbonyl (C=O) groups excluding carboxylic acids is 1. The molecular formula is C25H22N2O4S. The molecule has 4 rings (SSSR count). The topological polar surface area (TPSA) is 83.1 Å². The van der Waals surface area contributed by atoms with Crippen LogP contribution in [-0.2, 0) is 4.79 Å². The second kappa shape index (κ2) is 8.88. The summed E-state index contributed by atoms with van der Waals surface area (Å²) in [5.74, 6) is -0.0679. The molecule has 1 aliphatic heterocycles. The fourth-order valence-electron chi connectivity index (χ4n) is 3.30. The Morgan fingerprint density at radius 3 is 2.66 bits per heavy atom. The van der Waals surface area contributed by atoms with Crippen LogP contribution in [0.3, 0.4) is 0 Å². The summed E-state index contributed by atoms with van der Waals surface area (Å²) in [6.45, 7) is 6.51. The molecule has 7 heteroatoms. The van der Waals surface area contributed by atoms with E-state index < -0.39 is 5.97 Å². The molecule has 1 aromatic heterocycles. The number of amidine groups is 1. The van der Waals surface area contributed by atoms with Gasteiger partial charge in [-0.3, -0.25) is 9.69 Å². The first-order chi connectivity index (χ1) is 15.4. The summed E-state index contributed by atoms with van der Waals surface area (Å²) in [6, 6.07) is 16.0. The summed E-state index contributed by atoms with van der Waals surface area (Å²) >= 11 is 1.31. The van der Waals surface area contributed by atoms with Crippen molar-refractivity contribution in [3.63, 3.8) is 0 Å². The quantitative estimate of drug-likeness (QED) is 0.495. The molecule has 1 N–H and O–H groups in total. The van der Waals surface area contributed by atoms with Crippen LogP contribution >= 0.6 is 11.8 Å². The van der Waals surface area contributed by atoms with Crippen molar-refractivity contribution in [1.82, 2.24) is 4.90 Å². The zero-order valence-electron chi connectivity index (χ0n) is 18.0. The highest BCUT2D eigenvalue weighted by atomic mass is 32.2. The number of aromatic carboxylic acids is 1. The molecule has 0 radical (unpaired) electrons. The number of furan rings is 1. The second-order valence-corrected chi connectivity index (χ2v) is 8.42. The molecular weight excluding hydrogens is 424 g/mol. The predicted molar refractivity (Wildman–Crippen MR) is 127 cm³/mol. The molecule has 1 fully saturated rings. The maximum absolute atomic E-state index is 12.9. The number of amides is 1. The van der Waals surface area contributed by atoms with Crippen LogP contribution < -0.4 is 0 Å². The van der Waals surface area contributed by atoms with Crippen molar-refractivity contribution in [1.29, 1.82) is 0 Å². The summed E-state index contributed by atoms with van der Waals surface area (Å²) < 4.78 is 5.87. The first kappa shape index (κ1) is 21.6. The Kier molecular flexibility index (Phi) is 6.01. The first-order valence-corrected chi connectivity index (χ1v) is 11.0. The highest BCUT2D eigenvalue weighted by Crippen LogP contribution is 2.35. The predicted octanol–water partition coefficient (Wildman–Crippen LogP) is 5.89. The molecule has 162 valence electrons. The van der Waals surface area contributed by atoms with Crippen LogP contribution in [0.1, 0.15) is 34.2 Å². The zero-order chi connectivity index (χ0) is 22.8. The lowest BCUT2D eigenvalue weighted by Gasteiger charge is -2.12. The highest BCUT2D eigenvalue weighted by Gasteiger charge is 2.32. The van der Waals surface area contributed by atoms with Crippen molar-refractivity contribution in [3.05, 3.63) is 82.0 Å². The van der Waals surface area contributed by atoms with Crippen LogP contribution in [0.2, 0.25) is 0 Å². The number of likely N-dealkylation sites (N-methyl/N-ethyl adjacent to an activating group) is 1. The number of hydrogen-bond donors (Lipinski definition) is 1. The average Bonchev–Trinajstić information content (AvgIpc) is 3.35. The van der Waals surface area contributed by atoms with E-state index in [1.165, 1.54) is 23.4 Å². The third-order valence-corrected chi connectivity index (χ3v) is 6.22. The average molecular weight is 447 g/mol. The molecule has 1 amide bonds. The number of rotatable bonds is 5. The van der Waals surface area contributed by atoms with Gasteiger partial charge in [-0.25, -0.2) is 9.79 Å². The molecule has 0 saturated carbocycles. The monoisotopic (exact) mass is 446 g/mol. The Morgan fingerprint density at radius 2 is 1.94 bits per heavy atom. The number of carboxylic acids is 1. The normalized spacial score (nSPS) is 16.3. The van der Waals surface area contributed by atoms with Crippen LogP contribution in [-0.4, -0.2) is 33.6 Å². The summed E-state index contributed by atoms with van der Waals surface area (Å²) in [4.78, 5) is 31.0. The minimum Gasteiger partial charge on any atom is -0.478 e. The molecule has 1 saturated heterocycles. The maximum atomic E-state index is 12.9. The zero-order valence-corrected chi connectivity index (χ0v) is 18.8. The van der Waals surface area contributed by atoms with Gasteiger partial charge in [-0.1, -0.05) is 18.2 Å². The summed E-state index contributed by atoms with van der Waals surface area (Å²) in [7, 11) is 0. The van der Waals surface area contributed by atoms with E-state index in [9.17, 15) is 14.7 Å². The van der Waals surface area contributed by atoms with Crippen molar-refractivity contribution in [2.75, 3.05) is 6.54 Å². The van der Waals surface area contributed by atoms with Gasteiger partial charge < -0.3 is 9.52 Å². The van der Waals surface area contributed by atoms with E-state index in [1.807, 2.05) is 32.0 Å². The summed E-state index contributed by atoms with van der Waals surface area (Å²) in [5, 5.41) is 9.82. The van der Waals surface area contributed by atoms with Gasteiger partial charge in [-0.2, -0.15) is 0 Å². The van der Waals surface area contributed by atoms with E-state index in [0.29, 0.717) is 33.7 Å². The van der Waals surface area contributed by atoms with Crippen LogP contribution in [0, 0.1) is 13.8 Å². The maximum Gasteiger partial charge on any atom is 0.335 e. The smallest absolute Gasteiger partial charge is 0.335 e. The molecule has 0 aliphatic carbocycles. The highest BCUT2D eigenvalue weighted by molar-refractivity contribution is 8.18. The molecule has 2 aromatic carbocycles. The van der Waals surface area contributed by atoms with Crippen molar-refractivity contribution < 1.29 is 19.1 Å². The molecule has 1 aliphatic rings. The Labute approximate surface area is 190 Å². The van der Waals surface area contributed by atoms with Crippen molar-refractivity contribution in [2.45, 2.75) is 20.8 Å². The minimum atomic E-state index is -0.996. The van der Waals surface area contributed by atoms with Crippen molar-refractivity contribution in [2.24, 2.45) is 4.99 Å². The number of carboxylic acid groups (broad SMARTS) is 1. The molecule has 0 atom stereocenters. The molecule has 6 nitrogen and oxygen atoms in total. The van der Waals surface area contributed by atoms with E-state index in [0.717, 1.165) is 11.3 Å². The van der Waals surface area contributed by atoms with Crippen molar-refractivity contribution >= 4 is 40.6 Å². The molecule has 0 spiro atoms. The van der Waals surface area contributed by atoms with Crippen LogP contribution in [0.15, 0.2) is 68.9 Å². The van der Waals surface area contributed by atoms with Gasteiger partial charge in [0, 0.05) is 18.2 Å². The van der Waals surface area contributed by atoms with Gasteiger partial charge in [0.25, 0.3) is 5.91 Å². The third-order valence-electron chi connectivity index (χ3n) is 5.21. The fourth-order valence-corrected chi connectivity index (χ4v) is 4.34. The van der Waals surface area contributed by atoms with E-state index in [-0.39, 0.29) is 11.5 Å². The minimum absolute atomic E-state index is 0.120. The Bertz CT molecular complexity index is 1270. The van der Waals surface area contributed by atoms with E-state index >= 15 is 0 Å². The molecule has 0 bridgehead atoms. The lowest BCUT2D eigenvalue weighted by molar-refractivity contribution is -0.122. The molecule has 0 unspecified atom stereocenters. The number of aryl methyl sites for hydroxylation is 2. The number of carbonyl (C=O) groups is 2. The Hall–Kier alpha value is -3.58. The van der Waals surface area contributed by atoms with Gasteiger partial charge in [0.2, 0.25) is 0 Å². The largest absolute Gasteiger partial charge is 0.478 e. The Balaban J connectivity index is 1.61. The number of thioether (sulfide) groups is 1. The van der Waals surface area contributed by atoms with Crippen LogP contribution in [0.5, 0.6) is 0 Å². The van der Waals surface area contributed by atoms with Crippen LogP contribution in [0.25, 0.3) is 17.4 Å². The second-order valence-electron chi connectivity index (χ2n) is 7.41. The summed E-state index contributed by atoms with van der Waals surface area (Å²) in [5.41, 5.74) is 3.99. The lowest BCUT2D eigenvalue weighted by Crippen LogP contribution is -2.28. The van der Waals surface area contributed by atoms with Gasteiger partial charge in [0.15, 0.2) is 5.17 Å². The van der Waals surface area contributed by atoms with Gasteiger partial charge in [-0.15, -0.1) is 0 Å². The van der Waals surface area contributed by atoms with Gasteiger partial charge >= 0.3 is 5.97 Å². The first-order valence-electron chi connectivity index (χ1n) is 10.2. The van der Waals surface area contributed by atoms with Crippen LogP contribution in [0.4, 0.5) is 5.69 Å². The standard InChI is InChI=1S/C25H22N2O4S/c1-4-27-23(28)22(32-25(27)26-19-9-8-15(2)16(3)12-19)14-20-10-11-21(31-20)17-6-5-7-18(13-17)24(29)30/h5-14H,4H2,1-3H3,(H,29,30). The number of aliphatic imine (C=N–C) groups is 1.